The molecule has 0 spiro atoms. The van der Waals surface area contributed by atoms with Crippen molar-refractivity contribution in [1.82, 2.24) is 9.55 Å². The molecule has 2 rings (SSSR count). The predicted octanol–water partition coefficient (Wildman–Crippen LogP) is 1.64. The van der Waals surface area contributed by atoms with Gasteiger partial charge in [-0.05, 0) is 30.5 Å². The molecule has 0 bridgehead atoms. The highest BCUT2D eigenvalue weighted by atomic mass is 32.2. The molecule has 0 fully saturated rings. The van der Waals surface area contributed by atoms with Crippen molar-refractivity contribution in [3.8, 4) is 5.69 Å². The van der Waals surface area contributed by atoms with Crippen LogP contribution in [0.25, 0.3) is 5.69 Å². The first-order valence-corrected chi connectivity index (χ1v) is 8.46. The molecule has 1 heterocycles. The Bertz CT molecular complexity index is 777. The Labute approximate surface area is 129 Å². The smallest absolute Gasteiger partial charge is 0.235 e. The van der Waals surface area contributed by atoms with Crippen molar-refractivity contribution in [1.29, 1.82) is 0 Å². The van der Waals surface area contributed by atoms with Crippen molar-refractivity contribution >= 4 is 15.7 Å². The summed E-state index contributed by atoms with van der Waals surface area (Å²) in [4.78, 5) is 15.1. The minimum atomic E-state index is -3.92. The number of aromatic nitrogens is 2. The third-order valence-electron chi connectivity index (χ3n) is 3.57. The molecular weight excluding hydrogens is 302 g/mol. The lowest BCUT2D eigenvalue weighted by molar-refractivity contribution is -0.117. The van der Waals surface area contributed by atoms with E-state index in [0.29, 0.717) is 11.6 Å². The maximum Gasteiger partial charge on any atom is 0.235 e. The van der Waals surface area contributed by atoms with Crippen molar-refractivity contribution in [2.75, 3.05) is 0 Å². The number of nitrogens with zero attached hydrogens (tertiary/aromatic N) is 2. The molecule has 0 aliphatic heterocycles. The molecular formula is C15H19N3O3S. The summed E-state index contributed by atoms with van der Waals surface area (Å²) >= 11 is 0. The largest absolute Gasteiger partial charge is 0.369 e. The van der Waals surface area contributed by atoms with E-state index >= 15 is 0 Å². The number of carbonyl (C=O) groups excluding carboxylic acids is 1. The van der Waals surface area contributed by atoms with Crippen LogP contribution in [0, 0.1) is 0 Å². The summed E-state index contributed by atoms with van der Waals surface area (Å²) in [5, 5.41) is -1.51. The highest BCUT2D eigenvalue weighted by Crippen LogP contribution is 2.21. The van der Waals surface area contributed by atoms with E-state index in [1.807, 2.05) is 24.3 Å². The van der Waals surface area contributed by atoms with Gasteiger partial charge in [-0.2, -0.15) is 0 Å². The Morgan fingerprint density at radius 3 is 2.27 bits per heavy atom. The second kappa shape index (κ2) is 5.92. The van der Waals surface area contributed by atoms with Gasteiger partial charge < -0.3 is 5.73 Å². The first-order valence-electron chi connectivity index (χ1n) is 6.92. The minimum absolute atomic E-state index is 0.184. The molecule has 0 saturated heterocycles. The fourth-order valence-electron chi connectivity index (χ4n) is 2.03. The van der Waals surface area contributed by atoms with Crippen LogP contribution >= 0.6 is 0 Å². The van der Waals surface area contributed by atoms with Gasteiger partial charge in [-0.3, -0.25) is 9.36 Å². The molecule has 0 saturated carbocycles. The molecule has 1 unspecified atom stereocenters. The summed E-state index contributed by atoms with van der Waals surface area (Å²) in [6, 6.07) is 7.53. The molecule has 2 N–H and O–H groups in total. The van der Waals surface area contributed by atoms with E-state index in [1.165, 1.54) is 17.7 Å². The summed E-state index contributed by atoms with van der Waals surface area (Å²) in [7, 11) is -3.92. The lowest BCUT2D eigenvalue weighted by Gasteiger charge is -2.12. The maximum atomic E-state index is 12.4. The zero-order chi connectivity index (χ0) is 16.5. The fourth-order valence-corrected chi connectivity index (χ4v) is 3.30. The van der Waals surface area contributed by atoms with Crippen molar-refractivity contribution in [2.24, 2.45) is 5.73 Å². The average molecular weight is 321 g/mol. The van der Waals surface area contributed by atoms with E-state index in [2.05, 4.69) is 18.8 Å². The number of nitrogens with two attached hydrogens (primary N) is 1. The maximum absolute atomic E-state index is 12.4. The average Bonchev–Trinajstić information content (AvgIpc) is 2.96. The number of hydrogen-bond donors (Lipinski definition) is 1. The van der Waals surface area contributed by atoms with Crippen LogP contribution in [0.2, 0.25) is 0 Å². The predicted molar refractivity (Wildman–Crippen MR) is 83.5 cm³/mol. The van der Waals surface area contributed by atoms with Gasteiger partial charge >= 0.3 is 0 Å². The highest BCUT2D eigenvalue weighted by Gasteiger charge is 2.32. The Balaban J connectivity index is 2.48. The molecule has 1 amide bonds. The van der Waals surface area contributed by atoms with Crippen molar-refractivity contribution < 1.29 is 13.2 Å². The van der Waals surface area contributed by atoms with Crippen LogP contribution < -0.4 is 5.73 Å². The number of primary amides is 1. The molecule has 118 valence electrons. The zero-order valence-electron chi connectivity index (χ0n) is 12.7. The van der Waals surface area contributed by atoms with E-state index in [9.17, 15) is 13.2 Å². The first-order chi connectivity index (χ1) is 10.2. The zero-order valence-corrected chi connectivity index (χ0v) is 13.5. The number of hydrogen-bond acceptors (Lipinski definition) is 4. The lowest BCUT2D eigenvalue weighted by atomic mass is 10.0. The SMILES string of the molecule is CC(C)c1ccc(-n2ccnc2S(=O)(=O)C(C)C(N)=O)cc1. The third kappa shape index (κ3) is 2.89. The third-order valence-corrected chi connectivity index (χ3v) is 5.54. The lowest BCUT2D eigenvalue weighted by Crippen LogP contribution is -2.34. The Hall–Kier alpha value is -2.15. The van der Waals surface area contributed by atoms with Gasteiger partial charge in [0.25, 0.3) is 0 Å². The molecule has 0 radical (unpaired) electrons. The van der Waals surface area contributed by atoms with Gasteiger partial charge in [-0.15, -0.1) is 0 Å². The number of benzene rings is 1. The molecule has 7 heteroatoms. The normalized spacial score (nSPS) is 13.3. The molecule has 1 aromatic carbocycles. The summed E-state index contributed by atoms with van der Waals surface area (Å²) < 4.78 is 26.3. The number of imidazole rings is 1. The van der Waals surface area contributed by atoms with Crippen molar-refractivity contribution in [3.63, 3.8) is 0 Å². The molecule has 6 nitrogen and oxygen atoms in total. The fraction of sp³-hybridized carbons (Fsp3) is 0.333. The van der Waals surface area contributed by atoms with E-state index < -0.39 is 21.0 Å². The van der Waals surface area contributed by atoms with Crippen molar-refractivity contribution in [3.05, 3.63) is 42.2 Å². The van der Waals surface area contributed by atoms with Crippen LogP contribution in [0.1, 0.15) is 32.3 Å². The van der Waals surface area contributed by atoms with Crippen molar-refractivity contribution in [2.45, 2.75) is 37.1 Å². The van der Waals surface area contributed by atoms with Gasteiger partial charge in [0.05, 0.1) is 0 Å². The number of carbonyl (C=O) groups is 1. The van der Waals surface area contributed by atoms with Crippen LogP contribution in [0.5, 0.6) is 0 Å². The Kier molecular flexibility index (Phi) is 4.37. The molecule has 22 heavy (non-hydrogen) atoms. The Morgan fingerprint density at radius 1 is 1.18 bits per heavy atom. The number of sulfone groups is 1. The standard InChI is InChI=1S/C15H19N3O3S/c1-10(2)12-4-6-13(7-5-12)18-9-8-17-15(18)22(20,21)11(3)14(16)19/h4-11H,1-3H3,(H2,16,19). The van der Waals surface area contributed by atoms with Gasteiger partial charge in [0, 0.05) is 18.1 Å². The molecule has 0 aliphatic carbocycles. The van der Waals surface area contributed by atoms with Gasteiger partial charge in [-0.25, -0.2) is 13.4 Å². The van der Waals surface area contributed by atoms with E-state index in [4.69, 9.17) is 5.73 Å². The van der Waals surface area contributed by atoms with Gasteiger partial charge in [0.2, 0.25) is 20.9 Å². The summed E-state index contributed by atoms with van der Waals surface area (Å²) in [5.41, 5.74) is 6.93. The van der Waals surface area contributed by atoms with Crippen LogP contribution in [-0.4, -0.2) is 29.1 Å². The quantitative estimate of drug-likeness (QED) is 0.905. The van der Waals surface area contributed by atoms with Gasteiger partial charge in [-0.1, -0.05) is 26.0 Å². The second-order valence-corrected chi connectivity index (χ2v) is 7.58. The molecule has 1 atom stereocenters. The number of rotatable bonds is 5. The van der Waals surface area contributed by atoms with Gasteiger partial charge in [0.1, 0.15) is 5.25 Å². The summed E-state index contributed by atoms with van der Waals surface area (Å²) in [6.07, 6.45) is 2.93. The van der Waals surface area contributed by atoms with E-state index in [-0.39, 0.29) is 5.16 Å². The monoisotopic (exact) mass is 321 g/mol. The summed E-state index contributed by atoms with van der Waals surface area (Å²) in [5.74, 6) is -0.514. The topological polar surface area (TPSA) is 95.1 Å². The van der Waals surface area contributed by atoms with Crippen LogP contribution in [0.4, 0.5) is 0 Å². The minimum Gasteiger partial charge on any atom is -0.369 e. The Morgan fingerprint density at radius 2 is 1.77 bits per heavy atom. The molecule has 2 aromatic rings. The first kappa shape index (κ1) is 16.2. The van der Waals surface area contributed by atoms with Crippen LogP contribution in [-0.2, 0) is 14.6 Å². The molecule has 1 aromatic heterocycles. The highest BCUT2D eigenvalue weighted by molar-refractivity contribution is 7.92. The van der Waals surface area contributed by atoms with E-state index in [1.54, 1.807) is 6.20 Å². The van der Waals surface area contributed by atoms with E-state index in [0.717, 1.165) is 5.56 Å². The van der Waals surface area contributed by atoms with Gasteiger partial charge in [0.15, 0.2) is 0 Å². The summed E-state index contributed by atoms with van der Waals surface area (Å²) in [6.45, 7) is 5.42. The number of amides is 1. The van der Waals surface area contributed by atoms with Crippen LogP contribution in [0.3, 0.4) is 0 Å². The van der Waals surface area contributed by atoms with Crippen LogP contribution in [0.15, 0.2) is 41.8 Å². The molecule has 0 aliphatic rings. The second-order valence-electron chi connectivity index (χ2n) is 5.42.